The van der Waals surface area contributed by atoms with Crippen LogP contribution in [0.5, 0.6) is 0 Å². The van der Waals surface area contributed by atoms with Crippen molar-refractivity contribution < 1.29 is 12.8 Å². The van der Waals surface area contributed by atoms with E-state index >= 15 is 0 Å². The van der Waals surface area contributed by atoms with Gasteiger partial charge in [0.2, 0.25) is 0 Å². The highest BCUT2D eigenvalue weighted by atomic mass is 32.2. The van der Waals surface area contributed by atoms with E-state index < -0.39 is 10.2 Å². The molecule has 1 aromatic heterocycles. The first kappa shape index (κ1) is 15.5. The Labute approximate surface area is 120 Å². The summed E-state index contributed by atoms with van der Waals surface area (Å²) in [7, 11) is 0.362. The highest BCUT2D eigenvalue weighted by Gasteiger charge is 2.26. The SMILES string of the molecule is CN(C)C(CNS(=O)(=O)N1CCNCC1)c1ccco1. The molecule has 0 spiro atoms. The molecule has 2 rings (SSSR count). The Morgan fingerprint density at radius 1 is 1.45 bits per heavy atom. The van der Waals surface area contributed by atoms with E-state index in [4.69, 9.17) is 4.42 Å². The predicted octanol–water partition coefficient (Wildman–Crippen LogP) is -0.378. The molecule has 1 aromatic rings. The van der Waals surface area contributed by atoms with Crippen LogP contribution >= 0.6 is 0 Å². The zero-order chi connectivity index (χ0) is 14.6. The number of hydrogen-bond donors (Lipinski definition) is 2. The van der Waals surface area contributed by atoms with E-state index in [9.17, 15) is 8.42 Å². The molecule has 1 aliphatic heterocycles. The first-order valence-electron chi connectivity index (χ1n) is 6.66. The molecule has 0 bridgehead atoms. The molecule has 7 nitrogen and oxygen atoms in total. The van der Waals surface area contributed by atoms with Gasteiger partial charge in [-0.05, 0) is 26.2 Å². The normalized spacial score (nSPS) is 19.4. The monoisotopic (exact) mass is 302 g/mol. The van der Waals surface area contributed by atoms with Gasteiger partial charge < -0.3 is 9.73 Å². The zero-order valence-corrected chi connectivity index (χ0v) is 12.7. The molecule has 8 heteroatoms. The van der Waals surface area contributed by atoms with Crippen molar-refractivity contribution >= 4 is 10.2 Å². The van der Waals surface area contributed by atoms with Gasteiger partial charge in [-0.1, -0.05) is 0 Å². The van der Waals surface area contributed by atoms with Gasteiger partial charge in [-0.15, -0.1) is 0 Å². The number of hydrogen-bond acceptors (Lipinski definition) is 5. The van der Waals surface area contributed by atoms with Crippen LogP contribution in [0, 0.1) is 0 Å². The summed E-state index contributed by atoms with van der Waals surface area (Å²) in [5.74, 6) is 0.748. The molecule has 0 amide bonds. The second kappa shape index (κ2) is 6.68. The van der Waals surface area contributed by atoms with Crippen molar-refractivity contribution in [1.29, 1.82) is 0 Å². The Balaban J connectivity index is 1.98. The average Bonchev–Trinajstić information content (AvgIpc) is 2.93. The van der Waals surface area contributed by atoms with Gasteiger partial charge in [0.1, 0.15) is 5.76 Å². The number of nitrogens with zero attached hydrogens (tertiary/aromatic N) is 2. The minimum absolute atomic E-state index is 0.123. The lowest BCUT2D eigenvalue weighted by Crippen LogP contribution is -2.51. The number of likely N-dealkylation sites (N-methyl/N-ethyl adjacent to an activating group) is 1. The minimum atomic E-state index is -3.43. The fourth-order valence-corrected chi connectivity index (χ4v) is 3.39. The molecule has 0 aromatic carbocycles. The third kappa shape index (κ3) is 3.80. The third-order valence-electron chi connectivity index (χ3n) is 3.37. The number of nitrogens with one attached hydrogen (secondary N) is 2. The van der Waals surface area contributed by atoms with Crippen LogP contribution in [-0.4, -0.2) is 64.4 Å². The van der Waals surface area contributed by atoms with Crippen molar-refractivity contribution in [3.8, 4) is 0 Å². The van der Waals surface area contributed by atoms with E-state index in [2.05, 4.69) is 10.0 Å². The Hall–Kier alpha value is -0.930. The van der Waals surface area contributed by atoms with Crippen LogP contribution in [0.1, 0.15) is 11.8 Å². The molecular weight excluding hydrogens is 280 g/mol. The maximum atomic E-state index is 12.2. The highest BCUT2D eigenvalue weighted by Crippen LogP contribution is 2.18. The zero-order valence-electron chi connectivity index (χ0n) is 11.9. The molecule has 0 saturated carbocycles. The van der Waals surface area contributed by atoms with Crippen molar-refractivity contribution in [2.24, 2.45) is 0 Å². The summed E-state index contributed by atoms with van der Waals surface area (Å²) >= 11 is 0. The summed E-state index contributed by atoms with van der Waals surface area (Å²) < 4.78 is 33.9. The lowest BCUT2D eigenvalue weighted by atomic mass is 10.2. The van der Waals surface area contributed by atoms with Gasteiger partial charge in [-0.25, -0.2) is 4.72 Å². The first-order chi connectivity index (χ1) is 9.50. The summed E-state index contributed by atoms with van der Waals surface area (Å²) in [6, 6.07) is 3.53. The van der Waals surface area contributed by atoms with E-state index in [0.717, 1.165) is 5.76 Å². The van der Waals surface area contributed by atoms with Gasteiger partial charge in [-0.3, -0.25) is 4.90 Å². The average molecular weight is 302 g/mol. The molecule has 20 heavy (non-hydrogen) atoms. The number of furan rings is 1. The van der Waals surface area contributed by atoms with Gasteiger partial charge >= 0.3 is 0 Å². The van der Waals surface area contributed by atoms with E-state index in [1.54, 1.807) is 12.3 Å². The molecule has 114 valence electrons. The van der Waals surface area contributed by atoms with Crippen LogP contribution in [0.2, 0.25) is 0 Å². The fourth-order valence-electron chi connectivity index (χ4n) is 2.18. The van der Waals surface area contributed by atoms with Gasteiger partial charge in [0.05, 0.1) is 12.3 Å². The second-order valence-electron chi connectivity index (χ2n) is 5.00. The van der Waals surface area contributed by atoms with Crippen LogP contribution in [0.3, 0.4) is 0 Å². The lowest BCUT2D eigenvalue weighted by molar-refractivity contribution is 0.257. The van der Waals surface area contributed by atoms with Crippen molar-refractivity contribution in [3.63, 3.8) is 0 Å². The molecule has 0 aliphatic carbocycles. The summed E-state index contributed by atoms with van der Waals surface area (Å²) in [6.45, 7) is 2.67. The largest absolute Gasteiger partial charge is 0.468 e. The Bertz CT molecular complexity index is 495. The molecule has 1 atom stereocenters. The van der Waals surface area contributed by atoms with E-state index in [0.29, 0.717) is 26.2 Å². The van der Waals surface area contributed by atoms with Crippen LogP contribution < -0.4 is 10.0 Å². The number of piperazine rings is 1. The number of rotatable bonds is 6. The lowest BCUT2D eigenvalue weighted by Gasteiger charge is -2.28. The second-order valence-corrected chi connectivity index (χ2v) is 6.75. The van der Waals surface area contributed by atoms with Crippen LogP contribution in [0.15, 0.2) is 22.8 Å². The van der Waals surface area contributed by atoms with Crippen molar-refractivity contribution in [2.75, 3.05) is 46.8 Å². The van der Waals surface area contributed by atoms with Crippen molar-refractivity contribution in [3.05, 3.63) is 24.2 Å². The van der Waals surface area contributed by atoms with Crippen LogP contribution in [0.25, 0.3) is 0 Å². The molecule has 1 unspecified atom stereocenters. The summed E-state index contributed by atoms with van der Waals surface area (Å²) in [5, 5.41) is 3.14. The van der Waals surface area contributed by atoms with Gasteiger partial charge in [0.25, 0.3) is 10.2 Å². The molecule has 1 fully saturated rings. The fraction of sp³-hybridized carbons (Fsp3) is 0.667. The summed E-state index contributed by atoms with van der Waals surface area (Å²) in [4.78, 5) is 1.93. The standard InChI is InChI=1S/C12H22N4O3S/c1-15(2)11(12-4-3-9-19-12)10-14-20(17,18)16-7-5-13-6-8-16/h3-4,9,11,13-14H,5-8,10H2,1-2H3. The van der Waals surface area contributed by atoms with E-state index in [-0.39, 0.29) is 12.6 Å². The van der Waals surface area contributed by atoms with E-state index in [1.807, 2.05) is 25.1 Å². The van der Waals surface area contributed by atoms with Crippen molar-refractivity contribution in [2.45, 2.75) is 6.04 Å². The summed E-state index contributed by atoms with van der Waals surface area (Å²) in [5.41, 5.74) is 0. The highest BCUT2D eigenvalue weighted by molar-refractivity contribution is 7.87. The molecule has 2 heterocycles. The van der Waals surface area contributed by atoms with Gasteiger partial charge in [-0.2, -0.15) is 12.7 Å². The molecule has 1 aliphatic rings. The first-order valence-corrected chi connectivity index (χ1v) is 8.10. The van der Waals surface area contributed by atoms with Gasteiger partial charge in [0, 0.05) is 32.7 Å². The smallest absolute Gasteiger partial charge is 0.279 e. The minimum Gasteiger partial charge on any atom is -0.468 e. The maximum Gasteiger partial charge on any atom is 0.279 e. The topological polar surface area (TPSA) is 77.8 Å². The Morgan fingerprint density at radius 2 is 2.15 bits per heavy atom. The molecular formula is C12H22N4O3S. The summed E-state index contributed by atoms with van der Waals surface area (Å²) in [6.07, 6.45) is 1.59. The molecule has 1 saturated heterocycles. The van der Waals surface area contributed by atoms with Crippen LogP contribution in [0.4, 0.5) is 0 Å². The van der Waals surface area contributed by atoms with Crippen molar-refractivity contribution in [1.82, 2.24) is 19.2 Å². The van der Waals surface area contributed by atoms with E-state index in [1.165, 1.54) is 4.31 Å². The van der Waals surface area contributed by atoms with Crippen LogP contribution in [-0.2, 0) is 10.2 Å². The Kier molecular flexibility index (Phi) is 5.17. The maximum absolute atomic E-state index is 12.2. The third-order valence-corrected chi connectivity index (χ3v) is 4.95. The quantitative estimate of drug-likeness (QED) is 0.749. The molecule has 0 radical (unpaired) electrons. The Morgan fingerprint density at radius 3 is 2.70 bits per heavy atom. The molecule has 2 N–H and O–H groups in total. The predicted molar refractivity (Wildman–Crippen MR) is 76.5 cm³/mol. The van der Waals surface area contributed by atoms with Gasteiger partial charge in [0.15, 0.2) is 0 Å².